The first-order chi connectivity index (χ1) is 10.3. The summed E-state index contributed by atoms with van der Waals surface area (Å²) in [6.07, 6.45) is 0. The van der Waals surface area contributed by atoms with E-state index in [1.165, 1.54) is 0 Å². The standard InChI is InChI=1S/C17H25BBrNO3/c1-15(2,3)20-14(21)11-8-12(10-13(19)9-11)18-22-16(4,5)17(6,7)23-18/h8-10H,1-7H3,(H,20,21). The normalized spacial score (nSPS) is 19.7. The Kier molecular flexibility index (Phi) is 4.75. The van der Waals surface area contributed by atoms with E-state index in [-0.39, 0.29) is 11.4 Å². The number of hydrogen-bond acceptors (Lipinski definition) is 3. The molecule has 0 atom stereocenters. The molecule has 0 aromatic heterocycles. The van der Waals surface area contributed by atoms with Gasteiger partial charge in [-0.05, 0) is 72.1 Å². The fourth-order valence-electron chi connectivity index (χ4n) is 2.27. The Balaban J connectivity index is 2.30. The molecule has 1 heterocycles. The van der Waals surface area contributed by atoms with Crippen molar-refractivity contribution in [3.8, 4) is 0 Å². The second-order valence-corrected chi connectivity index (χ2v) is 8.98. The quantitative estimate of drug-likeness (QED) is 0.799. The zero-order valence-corrected chi connectivity index (χ0v) is 16.5. The van der Waals surface area contributed by atoms with Crippen LogP contribution >= 0.6 is 15.9 Å². The van der Waals surface area contributed by atoms with Crippen molar-refractivity contribution >= 4 is 34.4 Å². The third-order valence-electron chi connectivity index (χ3n) is 4.20. The molecule has 23 heavy (non-hydrogen) atoms. The minimum absolute atomic E-state index is 0.114. The van der Waals surface area contributed by atoms with Crippen LogP contribution in [0.15, 0.2) is 22.7 Å². The summed E-state index contributed by atoms with van der Waals surface area (Å²) in [4.78, 5) is 12.4. The fourth-order valence-corrected chi connectivity index (χ4v) is 2.78. The Morgan fingerprint density at radius 3 is 2.09 bits per heavy atom. The summed E-state index contributed by atoms with van der Waals surface area (Å²) in [6, 6.07) is 5.56. The van der Waals surface area contributed by atoms with Crippen LogP contribution in [0.25, 0.3) is 0 Å². The van der Waals surface area contributed by atoms with Crippen molar-refractivity contribution in [3.63, 3.8) is 0 Å². The smallest absolute Gasteiger partial charge is 0.399 e. The SMILES string of the molecule is CC(C)(C)NC(=O)c1cc(Br)cc(B2OC(C)(C)C(C)(C)O2)c1. The predicted octanol–water partition coefficient (Wildman–Crippen LogP) is 3.28. The van der Waals surface area contributed by atoms with Crippen molar-refractivity contribution in [1.82, 2.24) is 5.32 Å². The van der Waals surface area contributed by atoms with Gasteiger partial charge in [-0.3, -0.25) is 4.79 Å². The molecule has 6 heteroatoms. The van der Waals surface area contributed by atoms with Gasteiger partial charge in [-0.15, -0.1) is 0 Å². The van der Waals surface area contributed by atoms with Crippen molar-refractivity contribution in [1.29, 1.82) is 0 Å². The molecular weight excluding hydrogens is 357 g/mol. The molecule has 0 unspecified atom stereocenters. The van der Waals surface area contributed by atoms with Crippen molar-refractivity contribution in [2.24, 2.45) is 0 Å². The van der Waals surface area contributed by atoms with Crippen LogP contribution in [0.5, 0.6) is 0 Å². The largest absolute Gasteiger partial charge is 0.494 e. The number of benzene rings is 1. The molecule has 0 aliphatic carbocycles. The fraction of sp³-hybridized carbons (Fsp3) is 0.588. The molecule has 1 N–H and O–H groups in total. The molecule has 126 valence electrons. The lowest BCUT2D eigenvalue weighted by Gasteiger charge is -2.32. The highest BCUT2D eigenvalue weighted by Gasteiger charge is 2.51. The zero-order valence-electron chi connectivity index (χ0n) is 14.9. The minimum atomic E-state index is -0.487. The summed E-state index contributed by atoms with van der Waals surface area (Å²) in [5.41, 5.74) is 0.307. The molecule has 1 fully saturated rings. The number of halogens is 1. The molecule has 4 nitrogen and oxygen atoms in total. The first-order valence-electron chi connectivity index (χ1n) is 7.79. The van der Waals surface area contributed by atoms with E-state index in [9.17, 15) is 4.79 Å². The highest BCUT2D eigenvalue weighted by molar-refractivity contribution is 9.10. The lowest BCUT2D eigenvalue weighted by atomic mass is 9.78. The molecule has 0 bridgehead atoms. The predicted molar refractivity (Wildman–Crippen MR) is 97.1 cm³/mol. The van der Waals surface area contributed by atoms with Crippen LogP contribution in [0.4, 0.5) is 0 Å². The molecule has 0 radical (unpaired) electrons. The van der Waals surface area contributed by atoms with Gasteiger partial charge in [-0.2, -0.15) is 0 Å². The van der Waals surface area contributed by atoms with Gasteiger partial charge in [0.05, 0.1) is 11.2 Å². The van der Waals surface area contributed by atoms with E-state index in [0.717, 1.165) is 9.94 Å². The van der Waals surface area contributed by atoms with E-state index >= 15 is 0 Å². The first kappa shape index (κ1) is 18.5. The van der Waals surface area contributed by atoms with E-state index in [0.29, 0.717) is 5.56 Å². The summed E-state index contributed by atoms with van der Waals surface area (Å²) in [5, 5.41) is 2.97. The monoisotopic (exact) mass is 381 g/mol. The Labute approximate surface area is 147 Å². The van der Waals surface area contributed by atoms with Gasteiger partial charge in [0.15, 0.2) is 0 Å². The lowest BCUT2D eigenvalue weighted by molar-refractivity contribution is 0.00578. The summed E-state index contributed by atoms with van der Waals surface area (Å²) in [5.74, 6) is -0.114. The Hall–Kier alpha value is -0.845. The number of carbonyl (C=O) groups excluding carboxylic acids is 1. The van der Waals surface area contributed by atoms with Crippen molar-refractivity contribution in [2.45, 2.75) is 65.2 Å². The van der Waals surface area contributed by atoms with Crippen LogP contribution in [0.3, 0.4) is 0 Å². The molecule has 2 rings (SSSR count). The first-order valence-corrected chi connectivity index (χ1v) is 8.59. The van der Waals surface area contributed by atoms with Crippen LogP contribution < -0.4 is 10.8 Å². The third-order valence-corrected chi connectivity index (χ3v) is 4.65. The maximum Gasteiger partial charge on any atom is 0.494 e. The van der Waals surface area contributed by atoms with Crippen molar-refractivity contribution in [2.75, 3.05) is 0 Å². The maximum atomic E-state index is 12.4. The Morgan fingerprint density at radius 2 is 1.61 bits per heavy atom. The molecule has 1 aliphatic heterocycles. The Morgan fingerprint density at radius 1 is 1.09 bits per heavy atom. The zero-order chi connectivity index (χ0) is 17.6. The number of hydrogen-bond donors (Lipinski definition) is 1. The molecule has 0 saturated carbocycles. The number of amides is 1. The van der Waals surface area contributed by atoms with E-state index in [2.05, 4.69) is 21.2 Å². The van der Waals surface area contributed by atoms with E-state index in [1.54, 1.807) is 6.07 Å². The van der Waals surface area contributed by atoms with E-state index in [4.69, 9.17) is 9.31 Å². The highest BCUT2D eigenvalue weighted by Crippen LogP contribution is 2.36. The molecule has 1 aliphatic rings. The number of rotatable bonds is 2. The van der Waals surface area contributed by atoms with Gasteiger partial charge in [0, 0.05) is 15.6 Å². The van der Waals surface area contributed by atoms with Crippen molar-refractivity contribution in [3.05, 3.63) is 28.2 Å². The maximum absolute atomic E-state index is 12.4. The molecular formula is C17H25BBrNO3. The number of nitrogens with one attached hydrogen (secondary N) is 1. The van der Waals surface area contributed by atoms with Gasteiger partial charge in [0.25, 0.3) is 5.91 Å². The van der Waals surface area contributed by atoms with Gasteiger partial charge >= 0.3 is 7.12 Å². The summed E-state index contributed by atoms with van der Waals surface area (Å²) < 4.78 is 13.0. The van der Waals surface area contributed by atoms with Crippen LogP contribution in [-0.4, -0.2) is 29.8 Å². The molecule has 1 amide bonds. The average Bonchev–Trinajstić information content (AvgIpc) is 2.55. The van der Waals surface area contributed by atoms with Crippen LogP contribution in [0.1, 0.15) is 58.8 Å². The summed E-state index contributed by atoms with van der Waals surface area (Å²) in [7, 11) is -0.487. The second kappa shape index (κ2) is 5.90. The van der Waals surface area contributed by atoms with Gasteiger partial charge in [-0.25, -0.2) is 0 Å². The second-order valence-electron chi connectivity index (χ2n) is 8.07. The summed E-state index contributed by atoms with van der Waals surface area (Å²) >= 11 is 3.47. The van der Waals surface area contributed by atoms with Crippen LogP contribution in [0, 0.1) is 0 Å². The average molecular weight is 382 g/mol. The van der Waals surface area contributed by atoms with Crippen molar-refractivity contribution < 1.29 is 14.1 Å². The minimum Gasteiger partial charge on any atom is -0.399 e. The topological polar surface area (TPSA) is 47.6 Å². The van der Waals surface area contributed by atoms with Gasteiger partial charge in [-0.1, -0.05) is 15.9 Å². The van der Waals surface area contributed by atoms with Crippen LogP contribution in [-0.2, 0) is 9.31 Å². The molecule has 0 spiro atoms. The third kappa shape index (κ3) is 4.17. The summed E-state index contributed by atoms with van der Waals surface area (Å²) in [6.45, 7) is 13.9. The van der Waals surface area contributed by atoms with Gasteiger partial charge < -0.3 is 14.6 Å². The molecule has 1 saturated heterocycles. The van der Waals surface area contributed by atoms with Crippen LogP contribution in [0.2, 0.25) is 0 Å². The lowest BCUT2D eigenvalue weighted by Crippen LogP contribution is -2.41. The Bertz CT molecular complexity index is 607. The molecule has 1 aromatic rings. The van der Waals surface area contributed by atoms with Gasteiger partial charge in [0.2, 0.25) is 0 Å². The highest BCUT2D eigenvalue weighted by atomic mass is 79.9. The molecule has 1 aromatic carbocycles. The van der Waals surface area contributed by atoms with E-state index in [1.807, 2.05) is 60.6 Å². The van der Waals surface area contributed by atoms with Gasteiger partial charge in [0.1, 0.15) is 0 Å². The van der Waals surface area contributed by atoms with E-state index < -0.39 is 18.3 Å². The number of carbonyl (C=O) groups is 1.